The van der Waals surface area contributed by atoms with E-state index in [0.29, 0.717) is 37.7 Å². The highest BCUT2D eigenvalue weighted by Gasteiger charge is 2.35. The van der Waals surface area contributed by atoms with Gasteiger partial charge in [-0.2, -0.15) is 18.4 Å². The number of carbonyl (C=O) groups is 1. The van der Waals surface area contributed by atoms with Gasteiger partial charge in [-0.3, -0.25) is 9.69 Å². The zero-order valence-electron chi connectivity index (χ0n) is 18.0. The highest BCUT2D eigenvalue weighted by atomic mass is 35.5. The Morgan fingerprint density at radius 1 is 1.10 bits per heavy atom. The molecule has 0 spiro atoms. The van der Waals surface area contributed by atoms with Crippen LogP contribution in [0.5, 0.6) is 0 Å². The number of hydrogen-bond acceptors (Lipinski definition) is 4. The van der Waals surface area contributed by atoms with E-state index in [2.05, 4.69) is 18.7 Å². The van der Waals surface area contributed by atoms with Gasteiger partial charge in [0.05, 0.1) is 17.2 Å². The van der Waals surface area contributed by atoms with Crippen LogP contribution in [0.2, 0.25) is 0 Å². The third kappa shape index (κ3) is 6.05. The number of nitriles is 1. The van der Waals surface area contributed by atoms with Crippen LogP contribution in [0.15, 0.2) is 18.2 Å². The van der Waals surface area contributed by atoms with Gasteiger partial charge in [0.25, 0.3) is 0 Å². The Balaban J connectivity index is 0.00000341. The average molecular weight is 459 g/mol. The third-order valence-corrected chi connectivity index (χ3v) is 6.21. The molecule has 0 aromatic heterocycles. The molecular weight excluding hydrogens is 429 g/mol. The van der Waals surface area contributed by atoms with Crippen molar-refractivity contribution in [2.24, 2.45) is 5.92 Å². The summed E-state index contributed by atoms with van der Waals surface area (Å²) in [5.74, 6) is 0.100. The SMILES string of the molecule is CC(C)N1CCCN(C(=O)C2CCN(c3ccc(C#N)c(C(F)(F)F)c3)CC2)CC1.Cl. The second-order valence-electron chi connectivity index (χ2n) is 8.41. The number of amides is 1. The van der Waals surface area contributed by atoms with E-state index in [9.17, 15) is 18.0 Å². The smallest absolute Gasteiger partial charge is 0.371 e. The monoisotopic (exact) mass is 458 g/mol. The average Bonchev–Trinajstić information content (AvgIpc) is 2.99. The number of alkyl halides is 3. The maximum atomic E-state index is 13.2. The zero-order valence-corrected chi connectivity index (χ0v) is 18.8. The molecule has 2 saturated heterocycles. The molecule has 2 aliphatic rings. The fourth-order valence-corrected chi connectivity index (χ4v) is 4.38. The number of carbonyl (C=O) groups excluding carboxylic acids is 1. The standard InChI is InChI=1S/C22H29F3N4O.ClH/c1-16(2)27-8-3-9-29(13-12-27)21(30)17-6-10-28(11-7-17)19-5-4-18(15-26)20(14-19)22(23,24)25;/h4-5,14,16-17H,3,6-13H2,1-2H3;1H. The molecule has 0 atom stereocenters. The third-order valence-electron chi connectivity index (χ3n) is 6.21. The molecule has 3 rings (SSSR count). The normalized spacial score (nSPS) is 19.0. The number of hydrogen-bond donors (Lipinski definition) is 0. The topological polar surface area (TPSA) is 50.6 Å². The van der Waals surface area contributed by atoms with E-state index >= 15 is 0 Å². The van der Waals surface area contributed by atoms with Gasteiger partial charge in [-0.05, 0) is 51.3 Å². The summed E-state index contributed by atoms with van der Waals surface area (Å²) in [6.45, 7) is 8.79. The van der Waals surface area contributed by atoms with Gasteiger partial charge in [-0.15, -0.1) is 12.4 Å². The Morgan fingerprint density at radius 3 is 2.35 bits per heavy atom. The van der Waals surface area contributed by atoms with E-state index in [0.717, 1.165) is 38.7 Å². The van der Waals surface area contributed by atoms with Gasteiger partial charge < -0.3 is 9.80 Å². The Hall–Kier alpha value is -1.98. The minimum absolute atomic E-state index is 0. The molecule has 1 aromatic carbocycles. The highest BCUT2D eigenvalue weighted by molar-refractivity contribution is 5.85. The molecule has 0 radical (unpaired) electrons. The molecule has 0 bridgehead atoms. The summed E-state index contributed by atoms with van der Waals surface area (Å²) in [6, 6.07) is 5.92. The summed E-state index contributed by atoms with van der Waals surface area (Å²) in [6.07, 6.45) is -2.34. The predicted molar refractivity (Wildman–Crippen MR) is 116 cm³/mol. The molecule has 31 heavy (non-hydrogen) atoms. The van der Waals surface area contributed by atoms with Crippen LogP contribution in [0.1, 0.15) is 44.2 Å². The second-order valence-corrected chi connectivity index (χ2v) is 8.41. The first-order valence-electron chi connectivity index (χ1n) is 10.6. The molecule has 1 amide bonds. The molecule has 0 N–H and O–H groups in total. The summed E-state index contributed by atoms with van der Waals surface area (Å²) in [7, 11) is 0. The molecular formula is C22H30ClF3N4O. The van der Waals surface area contributed by atoms with Gasteiger partial charge >= 0.3 is 6.18 Å². The van der Waals surface area contributed by atoms with Crippen molar-refractivity contribution in [2.45, 2.75) is 45.3 Å². The highest BCUT2D eigenvalue weighted by Crippen LogP contribution is 2.35. The largest absolute Gasteiger partial charge is 0.417 e. The fraction of sp³-hybridized carbons (Fsp3) is 0.636. The fourth-order valence-electron chi connectivity index (χ4n) is 4.38. The lowest BCUT2D eigenvalue weighted by molar-refractivity contribution is -0.138. The van der Waals surface area contributed by atoms with Gasteiger partial charge in [0.15, 0.2) is 0 Å². The van der Waals surface area contributed by atoms with E-state index in [1.54, 1.807) is 12.1 Å². The van der Waals surface area contributed by atoms with Crippen LogP contribution in [0.4, 0.5) is 18.9 Å². The first-order chi connectivity index (χ1) is 14.2. The Kier molecular flexibility index (Phi) is 8.61. The number of rotatable bonds is 3. The van der Waals surface area contributed by atoms with Crippen molar-refractivity contribution in [1.29, 1.82) is 5.26 Å². The molecule has 2 aliphatic heterocycles. The minimum atomic E-state index is -4.56. The number of anilines is 1. The molecule has 0 aliphatic carbocycles. The van der Waals surface area contributed by atoms with Crippen molar-refractivity contribution in [3.63, 3.8) is 0 Å². The van der Waals surface area contributed by atoms with Crippen molar-refractivity contribution in [3.8, 4) is 6.07 Å². The van der Waals surface area contributed by atoms with E-state index in [-0.39, 0.29) is 29.8 Å². The van der Waals surface area contributed by atoms with Gasteiger partial charge in [-0.25, -0.2) is 0 Å². The van der Waals surface area contributed by atoms with Crippen LogP contribution in [0.25, 0.3) is 0 Å². The van der Waals surface area contributed by atoms with Crippen molar-refractivity contribution >= 4 is 24.0 Å². The van der Waals surface area contributed by atoms with Crippen LogP contribution >= 0.6 is 12.4 Å². The van der Waals surface area contributed by atoms with Gasteiger partial charge in [0, 0.05) is 56.9 Å². The molecule has 2 heterocycles. The van der Waals surface area contributed by atoms with E-state index < -0.39 is 11.7 Å². The lowest BCUT2D eigenvalue weighted by Crippen LogP contribution is -2.44. The van der Waals surface area contributed by atoms with Crippen molar-refractivity contribution in [1.82, 2.24) is 9.80 Å². The van der Waals surface area contributed by atoms with Gasteiger partial charge in [-0.1, -0.05) is 0 Å². The maximum absolute atomic E-state index is 13.2. The molecule has 1 aromatic rings. The number of benzene rings is 1. The predicted octanol–water partition coefficient (Wildman–Crippen LogP) is 4.16. The Bertz CT molecular complexity index is 801. The van der Waals surface area contributed by atoms with Crippen LogP contribution in [-0.2, 0) is 11.0 Å². The number of nitrogens with zero attached hydrogens (tertiary/aromatic N) is 4. The van der Waals surface area contributed by atoms with Gasteiger partial charge in [0.1, 0.15) is 0 Å². The maximum Gasteiger partial charge on any atom is 0.417 e. The Morgan fingerprint density at radius 2 is 1.77 bits per heavy atom. The minimum Gasteiger partial charge on any atom is -0.371 e. The molecule has 5 nitrogen and oxygen atoms in total. The van der Waals surface area contributed by atoms with Crippen molar-refractivity contribution in [2.75, 3.05) is 44.2 Å². The molecule has 0 saturated carbocycles. The summed E-state index contributed by atoms with van der Waals surface area (Å²) in [5, 5.41) is 8.96. The van der Waals surface area contributed by atoms with Crippen LogP contribution in [0, 0.1) is 17.2 Å². The molecule has 0 unspecified atom stereocenters. The van der Waals surface area contributed by atoms with E-state index in [4.69, 9.17) is 5.26 Å². The quantitative estimate of drug-likeness (QED) is 0.682. The lowest BCUT2D eigenvalue weighted by atomic mass is 9.94. The number of piperidine rings is 1. The summed E-state index contributed by atoms with van der Waals surface area (Å²) in [4.78, 5) is 19.2. The van der Waals surface area contributed by atoms with Gasteiger partial charge in [0.2, 0.25) is 5.91 Å². The summed E-state index contributed by atoms with van der Waals surface area (Å²) >= 11 is 0. The zero-order chi connectivity index (χ0) is 21.9. The molecule has 2 fully saturated rings. The van der Waals surface area contributed by atoms with Crippen LogP contribution in [0.3, 0.4) is 0 Å². The summed E-state index contributed by atoms with van der Waals surface area (Å²) < 4.78 is 39.7. The van der Waals surface area contributed by atoms with E-state index in [1.165, 1.54) is 6.07 Å². The van der Waals surface area contributed by atoms with Crippen LogP contribution in [-0.4, -0.2) is 61.0 Å². The van der Waals surface area contributed by atoms with Crippen molar-refractivity contribution in [3.05, 3.63) is 29.3 Å². The lowest BCUT2D eigenvalue weighted by Gasteiger charge is -2.35. The van der Waals surface area contributed by atoms with Crippen LogP contribution < -0.4 is 4.90 Å². The first kappa shape index (κ1) is 25.3. The molecule has 172 valence electrons. The first-order valence-corrected chi connectivity index (χ1v) is 10.6. The number of halogens is 4. The molecule has 9 heteroatoms. The van der Waals surface area contributed by atoms with Crippen molar-refractivity contribution < 1.29 is 18.0 Å². The second kappa shape index (κ2) is 10.6. The van der Waals surface area contributed by atoms with E-state index in [1.807, 2.05) is 9.80 Å². The Labute approximate surface area is 188 Å². The summed E-state index contributed by atoms with van der Waals surface area (Å²) in [5.41, 5.74) is -0.817.